The quantitative estimate of drug-likeness (QED) is 0.910. The van der Waals surface area contributed by atoms with E-state index in [9.17, 15) is 14.3 Å². The SMILES string of the molecule is CC1(C)CN(C(=O)c2cccc(F)c2Cl)CC(CO)O1. The Bertz CT molecular complexity index is 521. The molecule has 1 aliphatic heterocycles. The summed E-state index contributed by atoms with van der Waals surface area (Å²) in [6.45, 7) is 4.11. The molecule has 1 amide bonds. The number of nitrogens with zero attached hydrogens (tertiary/aromatic N) is 1. The maximum Gasteiger partial charge on any atom is 0.255 e. The highest BCUT2D eigenvalue weighted by Gasteiger charge is 2.36. The lowest BCUT2D eigenvalue weighted by Gasteiger charge is -2.42. The van der Waals surface area contributed by atoms with E-state index in [0.29, 0.717) is 6.54 Å². The van der Waals surface area contributed by atoms with Gasteiger partial charge in [0.25, 0.3) is 5.91 Å². The summed E-state index contributed by atoms with van der Waals surface area (Å²) in [5.41, 5.74) is -0.442. The van der Waals surface area contributed by atoms with Crippen molar-refractivity contribution < 1.29 is 19.0 Å². The zero-order valence-corrected chi connectivity index (χ0v) is 12.2. The molecule has 1 saturated heterocycles. The number of hydrogen-bond donors (Lipinski definition) is 1. The summed E-state index contributed by atoms with van der Waals surface area (Å²) in [4.78, 5) is 14.0. The van der Waals surface area contributed by atoms with Gasteiger partial charge in [-0.15, -0.1) is 0 Å². The number of ether oxygens (including phenoxy) is 1. The summed E-state index contributed by atoms with van der Waals surface area (Å²) < 4.78 is 19.1. The van der Waals surface area contributed by atoms with E-state index in [1.165, 1.54) is 23.1 Å². The third-order valence-corrected chi connectivity index (χ3v) is 3.54. The molecule has 0 bridgehead atoms. The van der Waals surface area contributed by atoms with Crippen molar-refractivity contribution in [3.63, 3.8) is 0 Å². The van der Waals surface area contributed by atoms with Gasteiger partial charge in [0.15, 0.2) is 0 Å². The van der Waals surface area contributed by atoms with Crippen LogP contribution in [0.5, 0.6) is 0 Å². The summed E-state index contributed by atoms with van der Waals surface area (Å²) in [7, 11) is 0. The maximum absolute atomic E-state index is 13.4. The molecule has 4 nitrogen and oxygen atoms in total. The van der Waals surface area contributed by atoms with Gasteiger partial charge in [0, 0.05) is 13.1 Å². The molecule has 0 aliphatic carbocycles. The predicted octanol–water partition coefficient (Wildman–Crippen LogP) is 2.09. The monoisotopic (exact) mass is 301 g/mol. The Kier molecular flexibility index (Phi) is 4.32. The van der Waals surface area contributed by atoms with Crippen LogP contribution in [-0.2, 0) is 4.74 Å². The van der Waals surface area contributed by atoms with Gasteiger partial charge in [-0.2, -0.15) is 0 Å². The molecule has 110 valence electrons. The highest BCUT2D eigenvalue weighted by atomic mass is 35.5. The first kappa shape index (κ1) is 15.2. The van der Waals surface area contributed by atoms with Gasteiger partial charge in [0.2, 0.25) is 0 Å². The molecule has 1 N–H and O–H groups in total. The standard InChI is InChI=1S/C14H17ClFNO3/c1-14(2)8-17(6-9(7-18)20-14)13(19)10-4-3-5-11(16)12(10)15/h3-5,9,18H,6-8H2,1-2H3. The Morgan fingerprint density at radius 3 is 2.95 bits per heavy atom. The summed E-state index contributed by atoms with van der Waals surface area (Å²) in [5, 5.41) is 9.06. The van der Waals surface area contributed by atoms with Crippen molar-refractivity contribution in [1.29, 1.82) is 0 Å². The average molecular weight is 302 g/mol. The third-order valence-electron chi connectivity index (χ3n) is 3.15. The Morgan fingerprint density at radius 1 is 1.60 bits per heavy atom. The first-order chi connectivity index (χ1) is 9.34. The Hall–Kier alpha value is -1.17. The number of morpholine rings is 1. The normalized spacial score (nSPS) is 21.9. The van der Waals surface area contributed by atoms with Gasteiger partial charge < -0.3 is 14.7 Å². The van der Waals surface area contributed by atoms with E-state index in [2.05, 4.69) is 0 Å². The van der Waals surface area contributed by atoms with Gasteiger partial charge in [-0.25, -0.2) is 4.39 Å². The van der Waals surface area contributed by atoms with Crippen molar-refractivity contribution in [1.82, 2.24) is 4.90 Å². The van der Waals surface area contributed by atoms with Gasteiger partial charge in [-0.1, -0.05) is 17.7 Å². The molecule has 6 heteroatoms. The van der Waals surface area contributed by atoms with Gasteiger partial charge >= 0.3 is 0 Å². The zero-order valence-electron chi connectivity index (χ0n) is 11.4. The zero-order chi connectivity index (χ0) is 14.9. The number of carbonyl (C=O) groups excluding carboxylic acids is 1. The van der Waals surface area contributed by atoms with E-state index in [0.717, 1.165) is 0 Å². The second-order valence-corrected chi connectivity index (χ2v) is 5.85. The van der Waals surface area contributed by atoms with E-state index in [-0.39, 0.29) is 29.6 Å². The van der Waals surface area contributed by atoms with Crippen LogP contribution in [0.4, 0.5) is 4.39 Å². The maximum atomic E-state index is 13.4. The molecule has 0 saturated carbocycles. The molecule has 1 aromatic rings. The number of aliphatic hydroxyl groups is 1. The smallest absolute Gasteiger partial charge is 0.255 e. The van der Waals surface area contributed by atoms with Crippen molar-refractivity contribution in [2.24, 2.45) is 0 Å². The van der Waals surface area contributed by atoms with Gasteiger partial charge in [0.05, 0.1) is 28.9 Å². The summed E-state index contributed by atoms with van der Waals surface area (Å²) in [6, 6.07) is 4.15. The van der Waals surface area contributed by atoms with Crippen molar-refractivity contribution in [3.05, 3.63) is 34.6 Å². The van der Waals surface area contributed by atoms with Crippen molar-refractivity contribution in [3.8, 4) is 0 Å². The van der Waals surface area contributed by atoms with Crippen LogP contribution in [0.25, 0.3) is 0 Å². The molecule has 2 rings (SSSR count). The number of amides is 1. The van der Waals surface area contributed by atoms with Crippen LogP contribution >= 0.6 is 11.6 Å². The minimum atomic E-state index is -0.622. The van der Waals surface area contributed by atoms with Crippen LogP contribution in [0, 0.1) is 5.82 Å². The Balaban J connectivity index is 2.26. The van der Waals surface area contributed by atoms with E-state index < -0.39 is 17.5 Å². The molecule has 1 fully saturated rings. The molecular formula is C14H17ClFNO3. The Morgan fingerprint density at radius 2 is 2.30 bits per heavy atom. The average Bonchev–Trinajstić information content (AvgIpc) is 2.39. The molecule has 1 aliphatic rings. The first-order valence-corrected chi connectivity index (χ1v) is 6.74. The number of carbonyl (C=O) groups is 1. The van der Waals surface area contributed by atoms with Gasteiger partial charge in [0.1, 0.15) is 5.82 Å². The number of halogens is 2. The molecule has 1 atom stereocenters. The van der Waals surface area contributed by atoms with E-state index in [4.69, 9.17) is 16.3 Å². The number of hydrogen-bond acceptors (Lipinski definition) is 3. The molecule has 1 heterocycles. The van der Waals surface area contributed by atoms with Crippen LogP contribution in [0.1, 0.15) is 24.2 Å². The van der Waals surface area contributed by atoms with E-state index >= 15 is 0 Å². The fourth-order valence-electron chi connectivity index (χ4n) is 2.38. The molecule has 20 heavy (non-hydrogen) atoms. The Labute approximate surface area is 122 Å². The molecule has 0 aromatic heterocycles. The largest absolute Gasteiger partial charge is 0.394 e. The molecule has 0 spiro atoms. The fourth-order valence-corrected chi connectivity index (χ4v) is 2.59. The first-order valence-electron chi connectivity index (χ1n) is 6.36. The second kappa shape index (κ2) is 5.68. The fraction of sp³-hybridized carbons (Fsp3) is 0.500. The van der Waals surface area contributed by atoms with Crippen LogP contribution < -0.4 is 0 Å². The van der Waals surface area contributed by atoms with Gasteiger partial charge in [-0.05, 0) is 26.0 Å². The predicted molar refractivity (Wildman–Crippen MR) is 73.4 cm³/mol. The van der Waals surface area contributed by atoms with Crippen molar-refractivity contribution >= 4 is 17.5 Å². The summed E-state index contributed by atoms with van der Waals surface area (Å²) >= 11 is 5.85. The van der Waals surface area contributed by atoms with Crippen LogP contribution in [-0.4, -0.2) is 47.3 Å². The minimum absolute atomic E-state index is 0.126. The van der Waals surface area contributed by atoms with E-state index in [1.807, 2.05) is 13.8 Å². The highest BCUT2D eigenvalue weighted by Crippen LogP contribution is 2.26. The lowest BCUT2D eigenvalue weighted by molar-refractivity contribution is -0.139. The minimum Gasteiger partial charge on any atom is -0.394 e. The summed E-state index contributed by atoms with van der Waals surface area (Å²) in [5.74, 6) is -0.979. The number of rotatable bonds is 2. The third kappa shape index (κ3) is 3.11. The van der Waals surface area contributed by atoms with Crippen LogP contribution in [0.2, 0.25) is 5.02 Å². The number of aliphatic hydroxyl groups excluding tert-OH is 1. The van der Waals surface area contributed by atoms with Gasteiger partial charge in [-0.3, -0.25) is 4.79 Å². The van der Waals surface area contributed by atoms with Crippen molar-refractivity contribution in [2.75, 3.05) is 19.7 Å². The van der Waals surface area contributed by atoms with E-state index in [1.54, 1.807) is 0 Å². The topological polar surface area (TPSA) is 49.8 Å². The molecule has 1 unspecified atom stereocenters. The van der Waals surface area contributed by atoms with Crippen LogP contribution in [0.3, 0.4) is 0 Å². The van der Waals surface area contributed by atoms with Crippen LogP contribution in [0.15, 0.2) is 18.2 Å². The lowest BCUT2D eigenvalue weighted by Crippen LogP contribution is -2.55. The second-order valence-electron chi connectivity index (χ2n) is 5.47. The lowest BCUT2D eigenvalue weighted by atomic mass is 10.0. The number of benzene rings is 1. The summed E-state index contributed by atoms with van der Waals surface area (Å²) in [6.07, 6.45) is -0.449. The molecular weight excluding hydrogens is 285 g/mol. The molecule has 0 radical (unpaired) electrons. The highest BCUT2D eigenvalue weighted by molar-refractivity contribution is 6.34. The molecule has 1 aromatic carbocycles. The van der Waals surface area contributed by atoms with Crippen molar-refractivity contribution in [2.45, 2.75) is 25.6 Å².